The molecule has 0 fully saturated rings. The van der Waals surface area contributed by atoms with Gasteiger partial charge >= 0.3 is 0 Å². The van der Waals surface area contributed by atoms with E-state index in [1.165, 1.54) is 22.4 Å². The van der Waals surface area contributed by atoms with Crippen LogP contribution in [0.15, 0.2) is 78.9 Å². The van der Waals surface area contributed by atoms with Gasteiger partial charge in [0.2, 0.25) is 21.8 Å². The minimum absolute atomic E-state index is 0.0375. The number of amides is 2. The Bertz CT molecular complexity index is 1400. The maximum absolute atomic E-state index is 14.8. The Labute approximate surface area is 248 Å². The van der Waals surface area contributed by atoms with Gasteiger partial charge in [0.15, 0.2) is 0 Å². The van der Waals surface area contributed by atoms with Crippen molar-refractivity contribution in [1.29, 1.82) is 0 Å². The van der Waals surface area contributed by atoms with Gasteiger partial charge in [-0.2, -0.15) is 0 Å². The first-order valence-corrected chi connectivity index (χ1v) is 15.9. The van der Waals surface area contributed by atoms with Crippen LogP contribution in [0.4, 0.5) is 10.1 Å². The molecule has 0 bridgehead atoms. The lowest BCUT2D eigenvalue weighted by Crippen LogP contribution is -2.50. The number of unbranched alkanes of at least 4 members (excludes halogenated alkanes) is 1. The van der Waals surface area contributed by atoms with E-state index < -0.39 is 21.9 Å². The van der Waals surface area contributed by atoms with Crippen molar-refractivity contribution in [2.24, 2.45) is 0 Å². The fraction of sp³-hybridized carbons (Fsp3) is 0.375. The predicted molar refractivity (Wildman–Crippen MR) is 163 cm³/mol. The summed E-state index contributed by atoms with van der Waals surface area (Å²) in [7, 11) is -2.11. The molecule has 10 heteroatoms. The van der Waals surface area contributed by atoms with Crippen LogP contribution in [0.5, 0.6) is 5.75 Å². The van der Waals surface area contributed by atoms with Crippen molar-refractivity contribution < 1.29 is 27.1 Å². The average molecular weight is 598 g/mol. The van der Waals surface area contributed by atoms with Crippen molar-refractivity contribution in [3.63, 3.8) is 0 Å². The van der Waals surface area contributed by atoms with Crippen molar-refractivity contribution in [3.8, 4) is 5.75 Å². The van der Waals surface area contributed by atoms with Crippen molar-refractivity contribution in [2.75, 3.05) is 30.8 Å². The third-order valence-electron chi connectivity index (χ3n) is 6.91. The van der Waals surface area contributed by atoms with Gasteiger partial charge in [-0.3, -0.25) is 13.9 Å². The van der Waals surface area contributed by atoms with E-state index in [2.05, 4.69) is 5.32 Å². The summed E-state index contributed by atoms with van der Waals surface area (Å²) in [5.74, 6) is -0.559. The van der Waals surface area contributed by atoms with Crippen LogP contribution >= 0.6 is 0 Å². The summed E-state index contributed by atoms with van der Waals surface area (Å²) in [5.41, 5.74) is 1.61. The summed E-state index contributed by atoms with van der Waals surface area (Å²) in [5, 5.41) is 2.94. The molecule has 0 aliphatic rings. The van der Waals surface area contributed by atoms with Crippen LogP contribution in [-0.4, -0.2) is 57.6 Å². The number of nitrogens with one attached hydrogen (secondary N) is 1. The number of hydrogen-bond acceptors (Lipinski definition) is 5. The zero-order valence-corrected chi connectivity index (χ0v) is 25.3. The topological polar surface area (TPSA) is 96.0 Å². The van der Waals surface area contributed by atoms with E-state index in [-0.39, 0.29) is 44.2 Å². The third kappa shape index (κ3) is 9.58. The van der Waals surface area contributed by atoms with E-state index in [9.17, 15) is 22.4 Å². The number of nitrogens with zero attached hydrogens (tertiary/aromatic N) is 2. The molecule has 8 nitrogen and oxygen atoms in total. The molecule has 42 heavy (non-hydrogen) atoms. The number of carbonyl (C=O) groups excluding carboxylic acids is 2. The number of carbonyl (C=O) groups is 2. The average Bonchev–Trinajstić information content (AvgIpc) is 2.98. The van der Waals surface area contributed by atoms with Gasteiger partial charge in [-0.15, -0.1) is 0 Å². The van der Waals surface area contributed by atoms with E-state index >= 15 is 0 Å². The van der Waals surface area contributed by atoms with Crippen molar-refractivity contribution in [3.05, 3.63) is 95.8 Å². The Morgan fingerprint density at radius 3 is 2.24 bits per heavy atom. The standard InChI is InChI=1S/C32H40FN3O5S/c1-4-5-21-34-32(38)30(23-25-12-7-6-8-13-25)35(24-26-14-9-10-15-29(26)33)31(37)16-11-22-36(42(3,39)40)27-17-19-28(41-2)20-18-27/h6-10,12-15,17-20,30H,4-5,11,16,21-24H2,1-3H3,(H,34,38). The van der Waals surface area contributed by atoms with Gasteiger partial charge in [-0.05, 0) is 48.7 Å². The molecule has 0 aromatic heterocycles. The van der Waals surface area contributed by atoms with E-state index in [4.69, 9.17) is 4.74 Å². The molecule has 1 atom stereocenters. The fourth-order valence-electron chi connectivity index (χ4n) is 4.62. The monoisotopic (exact) mass is 597 g/mol. The zero-order valence-electron chi connectivity index (χ0n) is 24.5. The van der Waals surface area contributed by atoms with Gasteiger partial charge in [0, 0.05) is 38.0 Å². The van der Waals surface area contributed by atoms with Crippen molar-refractivity contribution in [2.45, 2.75) is 51.6 Å². The number of ether oxygens (including phenoxy) is 1. The second-order valence-electron chi connectivity index (χ2n) is 10.1. The lowest BCUT2D eigenvalue weighted by Gasteiger charge is -2.32. The minimum Gasteiger partial charge on any atom is -0.497 e. The van der Waals surface area contributed by atoms with Gasteiger partial charge in [-0.1, -0.05) is 61.9 Å². The molecule has 0 spiro atoms. The molecular weight excluding hydrogens is 557 g/mol. The van der Waals surface area contributed by atoms with Crippen molar-refractivity contribution >= 4 is 27.5 Å². The van der Waals surface area contributed by atoms with Gasteiger partial charge < -0.3 is 15.0 Å². The molecular formula is C32H40FN3O5S. The Kier molecular flexibility index (Phi) is 12.3. The molecule has 3 rings (SSSR count). The molecule has 226 valence electrons. The van der Waals surface area contributed by atoms with Gasteiger partial charge in [0.25, 0.3) is 0 Å². The van der Waals surface area contributed by atoms with E-state index in [0.717, 1.165) is 24.7 Å². The highest BCUT2D eigenvalue weighted by Crippen LogP contribution is 2.23. The van der Waals surface area contributed by atoms with E-state index in [1.54, 1.807) is 42.5 Å². The summed E-state index contributed by atoms with van der Waals surface area (Å²) in [6, 6.07) is 21.3. The van der Waals surface area contributed by atoms with Crippen LogP contribution in [0.1, 0.15) is 43.7 Å². The molecule has 2 amide bonds. The van der Waals surface area contributed by atoms with E-state index in [1.807, 2.05) is 37.3 Å². The van der Waals surface area contributed by atoms with Crippen LogP contribution in [-0.2, 0) is 32.6 Å². The Morgan fingerprint density at radius 1 is 0.952 bits per heavy atom. The highest BCUT2D eigenvalue weighted by atomic mass is 32.2. The molecule has 0 aliphatic heterocycles. The number of benzene rings is 3. The third-order valence-corrected chi connectivity index (χ3v) is 8.11. The lowest BCUT2D eigenvalue weighted by atomic mass is 10.0. The predicted octanol–water partition coefficient (Wildman–Crippen LogP) is 4.94. The molecule has 1 N–H and O–H groups in total. The number of rotatable bonds is 16. The number of methoxy groups -OCH3 is 1. The zero-order chi connectivity index (χ0) is 30.5. The first-order valence-electron chi connectivity index (χ1n) is 14.1. The highest BCUT2D eigenvalue weighted by Gasteiger charge is 2.31. The number of hydrogen-bond donors (Lipinski definition) is 1. The van der Waals surface area contributed by atoms with Crippen LogP contribution < -0.4 is 14.4 Å². The second-order valence-corrected chi connectivity index (χ2v) is 12.0. The van der Waals surface area contributed by atoms with Gasteiger partial charge in [0.05, 0.1) is 19.1 Å². The van der Waals surface area contributed by atoms with Crippen LogP contribution in [0, 0.1) is 5.82 Å². The van der Waals surface area contributed by atoms with Crippen LogP contribution in [0.25, 0.3) is 0 Å². The Morgan fingerprint density at radius 2 is 1.62 bits per heavy atom. The molecule has 0 aliphatic carbocycles. The van der Waals surface area contributed by atoms with Gasteiger partial charge in [0.1, 0.15) is 17.6 Å². The molecule has 0 saturated heterocycles. The first kappa shape index (κ1) is 32.6. The summed E-state index contributed by atoms with van der Waals surface area (Å²) in [6.45, 7) is 2.44. The maximum Gasteiger partial charge on any atom is 0.243 e. The Balaban J connectivity index is 1.87. The molecule has 0 heterocycles. The highest BCUT2D eigenvalue weighted by molar-refractivity contribution is 7.92. The molecule has 3 aromatic rings. The first-order chi connectivity index (χ1) is 20.1. The second kappa shape index (κ2) is 15.9. The molecule has 1 unspecified atom stereocenters. The summed E-state index contributed by atoms with van der Waals surface area (Å²) < 4.78 is 46.4. The number of anilines is 1. The smallest absolute Gasteiger partial charge is 0.243 e. The maximum atomic E-state index is 14.8. The van der Waals surface area contributed by atoms with Crippen LogP contribution in [0.3, 0.4) is 0 Å². The normalized spacial score (nSPS) is 11.9. The summed E-state index contributed by atoms with van der Waals surface area (Å²) in [6.07, 6.45) is 3.20. The molecule has 0 radical (unpaired) electrons. The van der Waals surface area contributed by atoms with Crippen LogP contribution in [0.2, 0.25) is 0 Å². The fourth-order valence-corrected chi connectivity index (χ4v) is 5.59. The summed E-state index contributed by atoms with van der Waals surface area (Å²) in [4.78, 5) is 28.7. The van der Waals surface area contributed by atoms with Gasteiger partial charge in [-0.25, -0.2) is 12.8 Å². The molecule has 3 aromatic carbocycles. The number of halogens is 1. The summed E-state index contributed by atoms with van der Waals surface area (Å²) >= 11 is 0. The Hall–Kier alpha value is -3.92. The lowest BCUT2D eigenvalue weighted by molar-refractivity contribution is -0.141. The van der Waals surface area contributed by atoms with E-state index in [0.29, 0.717) is 23.5 Å². The SMILES string of the molecule is CCCCNC(=O)C(Cc1ccccc1)N(Cc1ccccc1F)C(=O)CCCN(c1ccc(OC)cc1)S(C)(=O)=O. The quantitative estimate of drug-likeness (QED) is 0.236. The largest absolute Gasteiger partial charge is 0.497 e. The van der Waals surface area contributed by atoms with Crippen molar-refractivity contribution in [1.82, 2.24) is 10.2 Å². The number of sulfonamides is 1. The minimum atomic E-state index is -3.64. The molecule has 0 saturated carbocycles.